The van der Waals surface area contributed by atoms with Crippen molar-refractivity contribution in [1.29, 1.82) is 0 Å². The fourth-order valence-corrected chi connectivity index (χ4v) is 2.90. The zero-order chi connectivity index (χ0) is 14.4. The summed E-state index contributed by atoms with van der Waals surface area (Å²) in [6.07, 6.45) is 0.902. The van der Waals surface area contributed by atoms with Crippen LogP contribution < -0.4 is 5.32 Å². The van der Waals surface area contributed by atoms with Gasteiger partial charge >= 0.3 is 0 Å². The molecule has 2 N–H and O–H groups in total. The Morgan fingerprint density at radius 2 is 2.00 bits per heavy atom. The molecule has 0 bridgehead atoms. The molecule has 2 aromatic carbocycles. The molecule has 0 radical (unpaired) electrons. The van der Waals surface area contributed by atoms with Crippen LogP contribution in [0.25, 0.3) is 22.4 Å². The molecule has 0 fully saturated rings. The van der Waals surface area contributed by atoms with Crippen LogP contribution >= 0.6 is 0 Å². The molecule has 106 valence electrons. The van der Waals surface area contributed by atoms with Crippen LogP contribution in [-0.4, -0.2) is 16.5 Å². The summed E-state index contributed by atoms with van der Waals surface area (Å²) in [6, 6.07) is 8.64. The Bertz CT molecular complexity index is 839. The Balaban J connectivity index is 1.93. The number of imidazole rings is 1. The number of hydrogen-bond acceptors (Lipinski definition) is 2. The van der Waals surface area contributed by atoms with Crippen molar-refractivity contribution in [2.24, 2.45) is 0 Å². The van der Waals surface area contributed by atoms with Crippen molar-refractivity contribution in [2.45, 2.75) is 13.0 Å². The molecule has 0 spiro atoms. The lowest BCUT2D eigenvalue weighted by atomic mass is 9.95. The second kappa shape index (κ2) is 4.63. The third-order valence-electron chi connectivity index (χ3n) is 3.94. The normalized spacial score (nSPS) is 14.4. The fraction of sp³-hybridized carbons (Fsp3) is 0.188. The van der Waals surface area contributed by atoms with E-state index < -0.39 is 11.6 Å². The Kier molecular flexibility index (Phi) is 2.75. The molecule has 0 aliphatic carbocycles. The van der Waals surface area contributed by atoms with E-state index in [2.05, 4.69) is 21.4 Å². The lowest BCUT2D eigenvalue weighted by Crippen LogP contribution is -2.24. The van der Waals surface area contributed by atoms with Crippen LogP contribution in [0.1, 0.15) is 11.1 Å². The molecule has 2 heterocycles. The summed E-state index contributed by atoms with van der Waals surface area (Å²) >= 11 is 0. The number of fused-ring (bicyclic) bond motifs is 2. The minimum absolute atomic E-state index is 0.0523. The van der Waals surface area contributed by atoms with Gasteiger partial charge in [-0.05, 0) is 36.2 Å². The van der Waals surface area contributed by atoms with E-state index >= 15 is 0 Å². The van der Waals surface area contributed by atoms with Crippen molar-refractivity contribution in [1.82, 2.24) is 15.3 Å². The van der Waals surface area contributed by atoms with E-state index in [1.54, 1.807) is 0 Å². The van der Waals surface area contributed by atoms with E-state index in [-0.39, 0.29) is 5.52 Å². The van der Waals surface area contributed by atoms with Crippen molar-refractivity contribution in [3.63, 3.8) is 0 Å². The maximum absolute atomic E-state index is 13.8. The van der Waals surface area contributed by atoms with Gasteiger partial charge in [-0.3, -0.25) is 0 Å². The second-order valence-corrected chi connectivity index (χ2v) is 5.21. The largest absolute Gasteiger partial charge is 0.338 e. The molecule has 1 aliphatic rings. The Morgan fingerprint density at radius 3 is 2.90 bits per heavy atom. The Morgan fingerprint density at radius 1 is 1.10 bits per heavy atom. The van der Waals surface area contributed by atoms with Gasteiger partial charge in [-0.25, -0.2) is 13.8 Å². The number of nitrogens with zero attached hydrogens (tertiary/aromatic N) is 1. The van der Waals surface area contributed by atoms with Crippen LogP contribution in [0.3, 0.4) is 0 Å². The summed E-state index contributed by atoms with van der Waals surface area (Å²) in [5.74, 6) is -1.19. The monoisotopic (exact) mass is 285 g/mol. The third kappa shape index (κ3) is 1.93. The molecule has 3 nitrogen and oxygen atoms in total. The molecule has 4 rings (SSSR count). The minimum Gasteiger partial charge on any atom is -0.338 e. The number of halogens is 2. The van der Waals surface area contributed by atoms with E-state index in [0.717, 1.165) is 31.1 Å². The number of nitrogens with one attached hydrogen (secondary N) is 2. The van der Waals surface area contributed by atoms with Crippen molar-refractivity contribution >= 4 is 11.0 Å². The topological polar surface area (TPSA) is 40.7 Å². The molecule has 21 heavy (non-hydrogen) atoms. The maximum atomic E-state index is 13.8. The Labute approximate surface area is 120 Å². The smallest absolute Gasteiger partial charge is 0.186 e. The number of hydrogen-bond donors (Lipinski definition) is 2. The van der Waals surface area contributed by atoms with Crippen LogP contribution in [0.5, 0.6) is 0 Å². The summed E-state index contributed by atoms with van der Waals surface area (Å²) in [5.41, 5.74) is 3.97. The number of rotatable bonds is 1. The number of aromatic nitrogens is 2. The predicted octanol–water partition coefficient (Wildman–Crippen LogP) is 3.15. The van der Waals surface area contributed by atoms with Crippen molar-refractivity contribution in [3.8, 4) is 11.4 Å². The summed E-state index contributed by atoms with van der Waals surface area (Å²) in [4.78, 5) is 7.35. The molecule has 0 amide bonds. The van der Waals surface area contributed by atoms with E-state index in [1.165, 1.54) is 17.2 Å². The van der Waals surface area contributed by atoms with Gasteiger partial charge in [0.25, 0.3) is 0 Å². The molecule has 5 heteroatoms. The van der Waals surface area contributed by atoms with E-state index in [0.29, 0.717) is 11.3 Å². The van der Waals surface area contributed by atoms with Gasteiger partial charge in [0, 0.05) is 12.1 Å². The van der Waals surface area contributed by atoms with Gasteiger partial charge in [0.1, 0.15) is 11.3 Å². The minimum atomic E-state index is -0.901. The number of aromatic amines is 1. The van der Waals surface area contributed by atoms with Crippen molar-refractivity contribution in [2.75, 3.05) is 6.54 Å². The molecule has 0 saturated carbocycles. The fourth-order valence-electron chi connectivity index (χ4n) is 2.90. The highest BCUT2D eigenvalue weighted by Crippen LogP contribution is 2.29. The Hall–Kier alpha value is -2.27. The van der Waals surface area contributed by atoms with Gasteiger partial charge in [-0.15, -0.1) is 0 Å². The average molecular weight is 285 g/mol. The van der Waals surface area contributed by atoms with Crippen LogP contribution in [0.4, 0.5) is 8.78 Å². The average Bonchev–Trinajstić information content (AvgIpc) is 2.95. The van der Waals surface area contributed by atoms with Crippen molar-refractivity contribution < 1.29 is 8.78 Å². The van der Waals surface area contributed by atoms with Gasteiger partial charge in [0.15, 0.2) is 11.6 Å². The first-order valence-electron chi connectivity index (χ1n) is 6.89. The van der Waals surface area contributed by atoms with E-state index in [9.17, 15) is 8.78 Å². The molecule has 1 aliphatic heterocycles. The summed E-state index contributed by atoms with van der Waals surface area (Å²) in [5, 5.41) is 3.32. The number of benzene rings is 2. The zero-order valence-corrected chi connectivity index (χ0v) is 11.2. The highest BCUT2D eigenvalue weighted by atomic mass is 19.2. The summed E-state index contributed by atoms with van der Waals surface area (Å²) < 4.78 is 27.1. The van der Waals surface area contributed by atoms with Crippen LogP contribution in [0.15, 0.2) is 30.3 Å². The summed E-state index contributed by atoms with van der Waals surface area (Å²) in [7, 11) is 0. The molecule has 0 atom stereocenters. The van der Waals surface area contributed by atoms with E-state index in [1.807, 2.05) is 12.1 Å². The zero-order valence-electron chi connectivity index (χ0n) is 11.2. The van der Waals surface area contributed by atoms with Crippen LogP contribution in [0, 0.1) is 11.6 Å². The molecular formula is C16H13F2N3. The maximum Gasteiger partial charge on any atom is 0.186 e. The number of H-pyrrole nitrogens is 1. The molecule has 0 saturated heterocycles. The quantitative estimate of drug-likeness (QED) is 0.721. The molecular weight excluding hydrogens is 272 g/mol. The van der Waals surface area contributed by atoms with Crippen LogP contribution in [0.2, 0.25) is 0 Å². The predicted molar refractivity (Wildman–Crippen MR) is 76.9 cm³/mol. The van der Waals surface area contributed by atoms with Gasteiger partial charge in [-0.2, -0.15) is 0 Å². The van der Waals surface area contributed by atoms with Gasteiger partial charge in [0.2, 0.25) is 0 Å². The second-order valence-electron chi connectivity index (χ2n) is 5.21. The van der Waals surface area contributed by atoms with Gasteiger partial charge < -0.3 is 10.3 Å². The van der Waals surface area contributed by atoms with E-state index in [4.69, 9.17) is 0 Å². The lowest BCUT2D eigenvalue weighted by Gasteiger charge is -2.19. The molecule has 3 aromatic rings. The lowest BCUT2D eigenvalue weighted by molar-refractivity contribution is 0.515. The first kappa shape index (κ1) is 12.5. The third-order valence-corrected chi connectivity index (χ3v) is 3.94. The molecule has 1 aromatic heterocycles. The van der Waals surface area contributed by atoms with Crippen LogP contribution in [-0.2, 0) is 13.0 Å². The first-order chi connectivity index (χ1) is 10.2. The van der Waals surface area contributed by atoms with Crippen molar-refractivity contribution in [3.05, 3.63) is 53.1 Å². The SMILES string of the molecule is Fc1ccc2[nH]c(-c3cccc4c3CCNC4)nc2c1F. The standard InChI is InChI=1S/C16H13F2N3/c17-12-4-5-13-15(14(12)18)21-16(20-13)11-3-1-2-9-8-19-7-6-10(9)11/h1-5,19H,6-8H2,(H,20,21). The first-order valence-corrected chi connectivity index (χ1v) is 6.89. The highest BCUT2D eigenvalue weighted by Gasteiger charge is 2.17. The highest BCUT2D eigenvalue weighted by molar-refractivity contribution is 5.81. The summed E-state index contributed by atoms with van der Waals surface area (Å²) in [6.45, 7) is 1.74. The van der Waals surface area contributed by atoms with Gasteiger partial charge in [-0.1, -0.05) is 18.2 Å². The molecule has 0 unspecified atom stereocenters. The van der Waals surface area contributed by atoms with Gasteiger partial charge in [0.05, 0.1) is 5.52 Å².